The van der Waals surface area contributed by atoms with Crippen LogP contribution in [0.3, 0.4) is 0 Å². The Hall–Kier alpha value is -2.51. The molecule has 7 nitrogen and oxygen atoms in total. The molecule has 25 heavy (non-hydrogen) atoms. The van der Waals surface area contributed by atoms with E-state index in [0.717, 1.165) is 49.6 Å². The SMILES string of the molecule is OCc1ccc(CN2CCC(n3cc(-c4ccccn4)nn3)CC2)o1. The molecule has 1 N–H and O–H groups in total. The lowest BCUT2D eigenvalue weighted by atomic mass is 10.1. The zero-order valence-electron chi connectivity index (χ0n) is 14.0. The van der Waals surface area contributed by atoms with E-state index < -0.39 is 0 Å². The van der Waals surface area contributed by atoms with E-state index in [0.29, 0.717) is 11.8 Å². The molecule has 1 aliphatic heterocycles. The Labute approximate surface area is 145 Å². The molecule has 3 aromatic heterocycles. The van der Waals surface area contributed by atoms with E-state index in [9.17, 15) is 0 Å². The molecule has 0 bridgehead atoms. The van der Waals surface area contributed by atoms with Crippen LogP contribution in [-0.4, -0.2) is 43.1 Å². The maximum atomic E-state index is 9.07. The Morgan fingerprint density at radius 1 is 1.08 bits per heavy atom. The lowest BCUT2D eigenvalue weighted by Gasteiger charge is -2.31. The van der Waals surface area contributed by atoms with Gasteiger partial charge >= 0.3 is 0 Å². The van der Waals surface area contributed by atoms with Crippen LogP contribution < -0.4 is 0 Å². The summed E-state index contributed by atoms with van der Waals surface area (Å²) >= 11 is 0. The van der Waals surface area contributed by atoms with Crippen molar-refractivity contribution in [3.63, 3.8) is 0 Å². The maximum Gasteiger partial charge on any atom is 0.131 e. The molecule has 1 fully saturated rings. The third kappa shape index (κ3) is 3.62. The fourth-order valence-electron chi connectivity index (χ4n) is 3.24. The number of likely N-dealkylation sites (tertiary alicyclic amines) is 1. The number of hydrogen-bond donors (Lipinski definition) is 1. The fourth-order valence-corrected chi connectivity index (χ4v) is 3.24. The average Bonchev–Trinajstić information content (AvgIpc) is 3.33. The van der Waals surface area contributed by atoms with Crippen molar-refractivity contribution in [3.8, 4) is 11.4 Å². The lowest BCUT2D eigenvalue weighted by Crippen LogP contribution is -2.34. The molecule has 0 saturated carbocycles. The highest BCUT2D eigenvalue weighted by atomic mass is 16.4. The molecule has 0 radical (unpaired) electrons. The van der Waals surface area contributed by atoms with Gasteiger partial charge in [0.1, 0.15) is 23.8 Å². The standard InChI is InChI=1S/C18H21N5O2/c24-13-16-5-4-15(25-16)11-22-9-6-14(7-10-22)23-12-18(20-21-23)17-3-1-2-8-19-17/h1-5,8,12,14,24H,6-7,9-11,13H2. The zero-order chi connectivity index (χ0) is 17.1. The van der Waals surface area contributed by atoms with Gasteiger partial charge in [-0.1, -0.05) is 11.3 Å². The Bertz CT molecular complexity index is 806. The van der Waals surface area contributed by atoms with Crippen molar-refractivity contribution >= 4 is 0 Å². The molecule has 0 aromatic carbocycles. The van der Waals surface area contributed by atoms with Gasteiger partial charge in [0.15, 0.2) is 0 Å². The summed E-state index contributed by atoms with van der Waals surface area (Å²) < 4.78 is 7.54. The van der Waals surface area contributed by atoms with Gasteiger partial charge in [0.25, 0.3) is 0 Å². The molecule has 4 rings (SSSR count). The largest absolute Gasteiger partial charge is 0.462 e. The minimum atomic E-state index is -0.0486. The summed E-state index contributed by atoms with van der Waals surface area (Å²) in [5.74, 6) is 1.52. The topological polar surface area (TPSA) is 80.2 Å². The van der Waals surface area contributed by atoms with E-state index >= 15 is 0 Å². The summed E-state index contributed by atoms with van der Waals surface area (Å²) in [6.45, 7) is 2.70. The normalized spacial score (nSPS) is 16.4. The van der Waals surface area contributed by atoms with Crippen LogP contribution >= 0.6 is 0 Å². The van der Waals surface area contributed by atoms with E-state index in [1.165, 1.54) is 0 Å². The molecule has 7 heteroatoms. The van der Waals surface area contributed by atoms with Crippen molar-refractivity contribution in [2.24, 2.45) is 0 Å². The van der Waals surface area contributed by atoms with Crippen LogP contribution in [-0.2, 0) is 13.2 Å². The third-order valence-corrected chi connectivity index (χ3v) is 4.62. The van der Waals surface area contributed by atoms with Crippen molar-refractivity contribution in [2.75, 3.05) is 13.1 Å². The number of nitrogens with zero attached hydrogens (tertiary/aromatic N) is 5. The van der Waals surface area contributed by atoms with E-state index in [1.807, 2.05) is 41.2 Å². The number of hydrogen-bond acceptors (Lipinski definition) is 6. The van der Waals surface area contributed by atoms with Crippen molar-refractivity contribution < 1.29 is 9.52 Å². The Kier molecular flexibility index (Phi) is 4.58. The molecule has 0 atom stereocenters. The highest BCUT2D eigenvalue weighted by Gasteiger charge is 2.22. The number of aliphatic hydroxyl groups is 1. The summed E-state index contributed by atoms with van der Waals surface area (Å²) in [7, 11) is 0. The summed E-state index contributed by atoms with van der Waals surface area (Å²) in [5.41, 5.74) is 1.67. The van der Waals surface area contributed by atoms with E-state index in [-0.39, 0.29) is 6.61 Å². The van der Waals surface area contributed by atoms with Crippen molar-refractivity contribution in [1.29, 1.82) is 0 Å². The second-order valence-electron chi connectivity index (χ2n) is 6.33. The predicted molar refractivity (Wildman–Crippen MR) is 91.4 cm³/mol. The number of furan rings is 1. The first-order chi connectivity index (χ1) is 12.3. The molecule has 0 unspecified atom stereocenters. The molecular formula is C18H21N5O2. The fraction of sp³-hybridized carbons (Fsp3) is 0.389. The first-order valence-electron chi connectivity index (χ1n) is 8.56. The Morgan fingerprint density at radius 3 is 2.64 bits per heavy atom. The number of rotatable bonds is 5. The number of aromatic nitrogens is 4. The highest BCUT2D eigenvalue weighted by molar-refractivity contribution is 5.51. The molecule has 1 aliphatic rings. The average molecular weight is 339 g/mol. The van der Waals surface area contributed by atoms with Crippen molar-refractivity contribution in [1.82, 2.24) is 24.9 Å². The number of aliphatic hydroxyl groups excluding tert-OH is 1. The van der Waals surface area contributed by atoms with Gasteiger partial charge in [-0.2, -0.15) is 0 Å². The quantitative estimate of drug-likeness (QED) is 0.768. The molecule has 1 saturated heterocycles. The van der Waals surface area contributed by atoms with Gasteiger partial charge in [0, 0.05) is 19.3 Å². The summed E-state index contributed by atoms with van der Waals surface area (Å²) in [6.07, 6.45) is 5.81. The van der Waals surface area contributed by atoms with Gasteiger partial charge in [-0.25, -0.2) is 4.68 Å². The van der Waals surface area contributed by atoms with Crippen LogP contribution in [0.25, 0.3) is 11.4 Å². The molecule has 0 spiro atoms. The lowest BCUT2D eigenvalue weighted by molar-refractivity contribution is 0.158. The zero-order valence-corrected chi connectivity index (χ0v) is 14.0. The van der Waals surface area contributed by atoms with Crippen LogP contribution in [0.5, 0.6) is 0 Å². The van der Waals surface area contributed by atoms with Crippen LogP contribution in [0.4, 0.5) is 0 Å². The second kappa shape index (κ2) is 7.16. The van der Waals surface area contributed by atoms with Gasteiger partial charge in [0.2, 0.25) is 0 Å². The van der Waals surface area contributed by atoms with Crippen LogP contribution in [0.2, 0.25) is 0 Å². The van der Waals surface area contributed by atoms with Crippen molar-refractivity contribution in [3.05, 3.63) is 54.2 Å². The highest BCUT2D eigenvalue weighted by Crippen LogP contribution is 2.24. The summed E-state index contributed by atoms with van der Waals surface area (Å²) in [6, 6.07) is 9.93. The summed E-state index contributed by atoms with van der Waals surface area (Å²) in [4.78, 5) is 6.69. The second-order valence-corrected chi connectivity index (χ2v) is 6.33. The van der Waals surface area contributed by atoms with Gasteiger partial charge in [-0.3, -0.25) is 9.88 Å². The van der Waals surface area contributed by atoms with Crippen molar-refractivity contribution in [2.45, 2.75) is 32.0 Å². The minimum absolute atomic E-state index is 0.0486. The van der Waals surface area contributed by atoms with E-state index in [4.69, 9.17) is 9.52 Å². The first-order valence-corrected chi connectivity index (χ1v) is 8.56. The van der Waals surface area contributed by atoms with Gasteiger partial charge in [0.05, 0.1) is 24.5 Å². The third-order valence-electron chi connectivity index (χ3n) is 4.62. The van der Waals surface area contributed by atoms with Crippen LogP contribution in [0.15, 0.2) is 47.1 Å². The number of piperidine rings is 1. The number of pyridine rings is 1. The van der Waals surface area contributed by atoms with Crippen LogP contribution in [0, 0.1) is 0 Å². The molecule has 4 heterocycles. The van der Waals surface area contributed by atoms with E-state index in [2.05, 4.69) is 20.2 Å². The smallest absolute Gasteiger partial charge is 0.131 e. The monoisotopic (exact) mass is 339 g/mol. The molecule has 130 valence electrons. The van der Waals surface area contributed by atoms with Gasteiger partial charge < -0.3 is 9.52 Å². The Balaban J connectivity index is 1.35. The van der Waals surface area contributed by atoms with Gasteiger partial charge in [-0.05, 0) is 37.1 Å². The molecule has 0 amide bonds. The minimum Gasteiger partial charge on any atom is -0.462 e. The van der Waals surface area contributed by atoms with Crippen LogP contribution in [0.1, 0.15) is 30.4 Å². The summed E-state index contributed by atoms with van der Waals surface area (Å²) in [5, 5.41) is 17.6. The Morgan fingerprint density at radius 2 is 1.92 bits per heavy atom. The van der Waals surface area contributed by atoms with Gasteiger partial charge in [-0.15, -0.1) is 5.10 Å². The first kappa shape index (κ1) is 16.0. The molecule has 0 aliphatic carbocycles. The predicted octanol–water partition coefficient (Wildman–Crippen LogP) is 2.26. The molecule has 3 aromatic rings. The maximum absolute atomic E-state index is 9.07. The molecular weight excluding hydrogens is 318 g/mol. The van der Waals surface area contributed by atoms with E-state index in [1.54, 1.807) is 6.20 Å².